The van der Waals surface area contributed by atoms with Crippen LogP contribution in [0.2, 0.25) is 0 Å². The second-order valence-corrected chi connectivity index (χ2v) is 13.9. The van der Waals surface area contributed by atoms with Crippen LogP contribution in [0.4, 0.5) is 0 Å². The average Bonchev–Trinajstić information content (AvgIpc) is 3.47. The average molecular weight is 470 g/mol. The van der Waals surface area contributed by atoms with Crippen LogP contribution in [0, 0.1) is 52.3 Å². The molecule has 4 fully saturated rings. The summed E-state index contributed by atoms with van der Waals surface area (Å²) in [6.45, 7) is 16.6. The molecule has 0 amide bonds. The Kier molecular flexibility index (Phi) is 6.52. The van der Waals surface area contributed by atoms with Crippen molar-refractivity contribution >= 4 is 5.97 Å². The molecule has 5 aliphatic rings. The minimum absolute atomic E-state index is 0.107. The lowest BCUT2D eigenvalue weighted by Crippen LogP contribution is -2.51. The minimum atomic E-state index is -0.117. The van der Waals surface area contributed by atoms with Crippen LogP contribution in [0.25, 0.3) is 0 Å². The van der Waals surface area contributed by atoms with Gasteiger partial charge in [-0.25, -0.2) is 0 Å². The summed E-state index contributed by atoms with van der Waals surface area (Å²) in [5.74, 6) is 5.75. The third-order valence-electron chi connectivity index (χ3n) is 12.1. The standard InChI is InChI=1S/C31H51NO2/c1-8-23(18(2)3)29-28(32-29)19(4)25-11-12-26-24-10-9-21-17-22(34-20(5)33)13-15-30(21,6)27(24)14-16-31(25,26)7/h9,18-19,22-29,32H,8,10-17H2,1-7H3/t19-,22-,23+,24-,25+,26-,27-,28-,29+,30-,31+/m0/s1. The van der Waals surface area contributed by atoms with E-state index in [-0.39, 0.29) is 12.1 Å². The summed E-state index contributed by atoms with van der Waals surface area (Å²) in [6.07, 6.45) is 14.2. The monoisotopic (exact) mass is 469 g/mol. The molecular formula is C31H51NO2. The highest BCUT2D eigenvalue weighted by Crippen LogP contribution is 2.67. The smallest absolute Gasteiger partial charge is 0.302 e. The Morgan fingerprint density at radius 3 is 2.53 bits per heavy atom. The molecule has 0 aromatic heterocycles. The number of fused-ring (bicyclic) bond motifs is 5. The molecule has 1 aliphatic heterocycles. The molecule has 0 spiro atoms. The van der Waals surface area contributed by atoms with E-state index in [4.69, 9.17) is 4.74 Å². The van der Waals surface area contributed by atoms with Gasteiger partial charge in [0.05, 0.1) is 0 Å². The molecule has 1 heterocycles. The Morgan fingerprint density at radius 1 is 1.09 bits per heavy atom. The van der Waals surface area contributed by atoms with E-state index in [9.17, 15) is 4.79 Å². The van der Waals surface area contributed by atoms with E-state index < -0.39 is 0 Å². The summed E-state index contributed by atoms with van der Waals surface area (Å²) in [5.41, 5.74) is 2.47. The van der Waals surface area contributed by atoms with Crippen molar-refractivity contribution in [3.8, 4) is 0 Å². The van der Waals surface area contributed by atoms with Crippen molar-refractivity contribution in [2.45, 2.75) is 124 Å². The minimum Gasteiger partial charge on any atom is -0.462 e. The van der Waals surface area contributed by atoms with Gasteiger partial charge in [0.2, 0.25) is 0 Å². The Bertz CT molecular complexity index is 818. The molecule has 11 atom stereocenters. The number of rotatable bonds is 6. The number of carbonyl (C=O) groups is 1. The third-order valence-corrected chi connectivity index (χ3v) is 12.1. The molecule has 1 N–H and O–H groups in total. The Hall–Kier alpha value is -0.830. The summed E-state index contributed by atoms with van der Waals surface area (Å²) >= 11 is 0. The molecule has 0 unspecified atom stereocenters. The topological polar surface area (TPSA) is 48.2 Å². The maximum absolute atomic E-state index is 11.5. The van der Waals surface area contributed by atoms with E-state index in [1.54, 1.807) is 12.5 Å². The maximum atomic E-state index is 11.5. The van der Waals surface area contributed by atoms with Gasteiger partial charge in [0.15, 0.2) is 0 Å². The van der Waals surface area contributed by atoms with E-state index in [2.05, 4.69) is 52.9 Å². The Morgan fingerprint density at radius 2 is 1.85 bits per heavy atom. The molecule has 1 saturated heterocycles. The van der Waals surface area contributed by atoms with Crippen LogP contribution in [0.5, 0.6) is 0 Å². The molecule has 34 heavy (non-hydrogen) atoms. The maximum Gasteiger partial charge on any atom is 0.302 e. The van der Waals surface area contributed by atoms with Crippen molar-refractivity contribution in [1.29, 1.82) is 0 Å². The fraction of sp³-hybridized carbons (Fsp3) is 0.903. The molecule has 0 radical (unpaired) electrons. The van der Waals surface area contributed by atoms with Crippen LogP contribution in [-0.2, 0) is 9.53 Å². The number of esters is 1. The fourth-order valence-electron chi connectivity index (χ4n) is 10.3. The van der Waals surface area contributed by atoms with Gasteiger partial charge in [0.25, 0.3) is 0 Å². The van der Waals surface area contributed by atoms with Crippen LogP contribution in [-0.4, -0.2) is 24.2 Å². The van der Waals surface area contributed by atoms with Crippen LogP contribution in [0.15, 0.2) is 11.6 Å². The van der Waals surface area contributed by atoms with Gasteiger partial charge in [-0.05, 0) is 97.2 Å². The molecule has 3 heteroatoms. The summed E-state index contributed by atoms with van der Waals surface area (Å²) < 4.78 is 5.64. The molecule has 4 aliphatic carbocycles. The lowest BCUT2D eigenvalue weighted by Gasteiger charge is -2.58. The first-order valence-electron chi connectivity index (χ1n) is 14.7. The number of allylic oxidation sites excluding steroid dienone is 1. The molecule has 0 bridgehead atoms. The van der Waals surface area contributed by atoms with Crippen molar-refractivity contribution < 1.29 is 9.53 Å². The number of hydrogen-bond acceptors (Lipinski definition) is 3. The van der Waals surface area contributed by atoms with Gasteiger partial charge in [0.1, 0.15) is 6.10 Å². The molecule has 0 aromatic carbocycles. The van der Waals surface area contributed by atoms with Crippen molar-refractivity contribution in [3.05, 3.63) is 11.6 Å². The molecule has 3 nitrogen and oxygen atoms in total. The van der Waals surface area contributed by atoms with E-state index in [0.29, 0.717) is 10.8 Å². The van der Waals surface area contributed by atoms with Gasteiger partial charge in [-0.3, -0.25) is 4.79 Å². The highest BCUT2D eigenvalue weighted by molar-refractivity contribution is 5.66. The van der Waals surface area contributed by atoms with E-state index >= 15 is 0 Å². The predicted molar refractivity (Wildman–Crippen MR) is 139 cm³/mol. The van der Waals surface area contributed by atoms with E-state index in [0.717, 1.165) is 66.4 Å². The number of nitrogens with one attached hydrogen (secondary N) is 1. The highest BCUT2D eigenvalue weighted by atomic mass is 16.5. The fourth-order valence-corrected chi connectivity index (χ4v) is 10.3. The van der Waals surface area contributed by atoms with Crippen LogP contribution in [0.1, 0.15) is 106 Å². The third kappa shape index (κ3) is 3.91. The zero-order valence-electron chi connectivity index (χ0n) is 23.0. The predicted octanol–water partition coefficient (Wildman–Crippen LogP) is 7.16. The lowest BCUT2D eigenvalue weighted by molar-refractivity contribution is -0.148. The van der Waals surface area contributed by atoms with Gasteiger partial charge in [-0.2, -0.15) is 0 Å². The molecule has 5 rings (SSSR count). The molecule has 0 aromatic rings. The van der Waals surface area contributed by atoms with Crippen LogP contribution < -0.4 is 5.32 Å². The van der Waals surface area contributed by atoms with Crippen LogP contribution in [0.3, 0.4) is 0 Å². The van der Waals surface area contributed by atoms with Crippen molar-refractivity contribution in [2.24, 2.45) is 52.3 Å². The first-order chi connectivity index (χ1) is 16.1. The molecule has 192 valence electrons. The lowest BCUT2D eigenvalue weighted by atomic mass is 9.47. The Labute approximate surface area is 209 Å². The highest BCUT2D eigenvalue weighted by Gasteiger charge is 2.61. The quantitative estimate of drug-likeness (QED) is 0.255. The van der Waals surface area contributed by atoms with Crippen molar-refractivity contribution in [1.82, 2.24) is 5.32 Å². The molecular weight excluding hydrogens is 418 g/mol. The summed E-state index contributed by atoms with van der Waals surface area (Å²) in [4.78, 5) is 11.5. The van der Waals surface area contributed by atoms with E-state index in [1.807, 2.05) is 0 Å². The number of hydrogen-bond donors (Lipinski definition) is 1. The second-order valence-electron chi connectivity index (χ2n) is 13.9. The Balaban J connectivity index is 1.30. The zero-order valence-corrected chi connectivity index (χ0v) is 23.0. The van der Waals surface area contributed by atoms with Gasteiger partial charge in [-0.15, -0.1) is 0 Å². The summed E-state index contributed by atoms with van der Waals surface area (Å²) in [6, 6.07) is 1.50. The first-order valence-corrected chi connectivity index (χ1v) is 14.7. The van der Waals surface area contributed by atoms with Gasteiger partial charge in [0, 0.05) is 25.4 Å². The van der Waals surface area contributed by atoms with Crippen molar-refractivity contribution in [2.75, 3.05) is 0 Å². The number of ether oxygens (including phenoxy) is 1. The summed E-state index contributed by atoms with van der Waals surface area (Å²) in [5, 5.41) is 3.96. The van der Waals surface area contributed by atoms with Gasteiger partial charge >= 0.3 is 5.97 Å². The second kappa shape index (κ2) is 8.93. The van der Waals surface area contributed by atoms with Gasteiger partial charge in [-0.1, -0.05) is 59.6 Å². The molecule has 3 saturated carbocycles. The SMILES string of the molecule is CC[C@H](C(C)C)[C@H]1N[C@H]1[C@@H](C)[C@H]1CC[C@H]2[C@@H]3CC=C4C[C@@H](OC(C)=O)CC[C@]4(C)[C@H]3CC[C@]12C. The number of carbonyl (C=O) groups excluding carboxylic acids is 1. The van der Waals surface area contributed by atoms with E-state index in [1.165, 1.54) is 44.9 Å². The zero-order chi connectivity index (χ0) is 24.4. The van der Waals surface area contributed by atoms with Gasteiger partial charge < -0.3 is 10.1 Å². The van der Waals surface area contributed by atoms with Crippen molar-refractivity contribution in [3.63, 3.8) is 0 Å². The summed E-state index contributed by atoms with van der Waals surface area (Å²) in [7, 11) is 0. The normalized spacial score (nSPS) is 47.2. The van der Waals surface area contributed by atoms with Crippen LogP contribution >= 0.6 is 0 Å². The first kappa shape index (κ1) is 24.8. The largest absolute Gasteiger partial charge is 0.462 e.